The number of ether oxygens (including phenoxy) is 2. The van der Waals surface area contributed by atoms with Crippen molar-refractivity contribution in [1.29, 1.82) is 0 Å². The summed E-state index contributed by atoms with van der Waals surface area (Å²) in [6.45, 7) is 3.99. The zero-order valence-electron chi connectivity index (χ0n) is 8.94. The zero-order valence-corrected chi connectivity index (χ0v) is 8.94. The van der Waals surface area contributed by atoms with Gasteiger partial charge in [0, 0.05) is 13.1 Å². The van der Waals surface area contributed by atoms with Gasteiger partial charge in [-0.05, 0) is 13.3 Å². The van der Waals surface area contributed by atoms with Crippen LogP contribution in [0.15, 0.2) is 0 Å². The molecule has 0 spiro atoms. The van der Waals surface area contributed by atoms with Gasteiger partial charge in [0.15, 0.2) is 0 Å². The van der Waals surface area contributed by atoms with Crippen LogP contribution >= 0.6 is 0 Å². The molecule has 1 unspecified atom stereocenters. The highest BCUT2D eigenvalue weighted by Gasteiger charge is 2.41. The quantitative estimate of drug-likeness (QED) is 0.646. The third-order valence-corrected chi connectivity index (χ3v) is 2.97. The number of likely N-dealkylation sites (tertiary alicyclic amines) is 1. The molecule has 0 aromatic carbocycles. The van der Waals surface area contributed by atoms with E-state index >= 15 is 0 Å². The third-order valence-electron chi connectivity index (χ3n) is 2.97. The van der Waals surface area contributed by atoms with Crippen LogP contribution in [-0.4, -0.2) is 55.1 Å². The molecule has 86 valence electrons. The molecule has 5 nitrogen and oxygen atoms in total. The number of β-amino-alcohol motifs (C(OH)–C–C–N with tert-alkyl or cyclic N) is 1. The normalized spacial score (nSPS) is 30.5. The van der Waals surface area contributed by atoms with Gasteiger partial charge in [0.2, 0.25) is 5.91 Å². The molecule has 1 atom stereocenters. The van der Waals surface area contributed by atoms with Crippen molar-refractivity contribution in [3.05, 3.63) is 0 Å². The van der Waals surface area contributed by atoms with E-state index in [1.807, 2.05) is 6.92 Å². The molecule has 2 saturated heterocycles. The summed E-state index contributed by atoms with van der Waals surface area (Å²) in [4.78, 5) is 13.8. The van der Waals surface area contributed by atoms with E-state index in [-0.39, 0.29) is 18.8 Å². The maximum atomic E-state index is 12.1. The van der Waals surface area contributed by atoms with Gasteiger partial charge in [-0.15, -0.1) is 0 Å². The van der Waals surface area contributed by atoms with Crippen LogP contribution in [-0.2, 0) is 14.3 Å². The van der Waals surface area contributed by atoms with E-state index < -0.39 is 5.41 Å². The van der Waals surface area contributed by atoms with Crippen LogP contribution in [0, 0.1) is 5.41 Å². The smallest absolute Gasteiger partial charge is 0.233 e. The monoisotopic (exact) mass is 215 g/mol. The van der Waals surface area contributed by atoms with Gasteiger partial charge in [-0.1, -0.05) is 0 Å². The minimum atomic E-state index is -0.581. The summed E-state index contributed by atoms with van der Waals surface area (Å²) in [6, 6.07) is 0. The molecule has 2 aliphatic heterocycles. The van der Waals surface area contributed by atoms with Crippen molar-refractivity contribution in [3.63, 3.8) is 0 Å². The van der Waals surface area contributed by atoms with Gasteiger partial charge in [-0.2, -0.15) is 0 Å². The highest BCUT2D eigenvalue weighted by atomic mass is 16.7. The molecular formula is C10H17NO4. The number of nitrogens with zero attached hydrogens (tertiary/aromatic N) is 1. The lowest BCUT2D eigenvalue weighted by Gasteiger charge is -2.34. The van der Waals surface area contributed by atoms with Gasteiger partial charge in [0.1, 0.15) is 6.79 Å². The molecule has 0 bridgehead atoms. The first-order valence-corrected chi connectivity index (χ1v) is 5.25. The number of hydrogen-bond donors (Lipinski definition) is 1. The fourth-order valence-corrected chi connectivity index (χ4v) is 2.07. The summed E-state index contributed by atoms with van der Waals surface area (Å²) in [5.41, 5.74) is -0.581. The molecule has 0 aromatic rings. The molecule has 0 aromatic heterocycles. The highest BCUT2D eigenvalue weighted by Crippen LogP contribution is 2.26. The van der Waals surface area contributed by atoms with E-state index in [4.69, 9.17) is 9.47 Å². The molecule has 15 heavy (non-hydrogen) atoms. The van der Waals surface area contributed by atoms with Crippen molar-refractivity contribution in [3.8, 4) is 0 Å². The van der Waals surface area contributed by atoms with Gasteiger partial charge in [-0.3, -0.25) is 4.79 Å². The molecule has 2 heterocycles. The summed E-state index contributed by atoms with van der Waals surface area (Å²) in [7, 11) is 0. The summed E-state index contributed by atoms with van der Waals surface area (Å²) < 4.78 is 10.3. The summed E-state index contributed by atoms with van der Waals surface area (Å²) in [5, 5.41) is 9.37. The summed E-state index contributed by atoms with van der Waals surface area (Å²) in [6.07, 6.45) is 0.298. The van der Waals surface area contributed by atoms with Crippen molar-refractivity contribution >= 4 is 5.91 Å². The Bertz CT molecular complexity index is 250. The Hall–Kier alpha value is -0.650. The van der Waals surface area contributed by atoms with Crippen LogP contribution in [0.2, 0.25) is 0 Å². The Morgan fingerprint density at radius 2 is 2.13 bits per heavy atom. The van der Waals surface area contributed by atoms with E-state index in [1.165, 1.54) is 0 Å². The lowest BCUT2D eigenvalue weighted by Crippen LogP contribution is -2.49. The molecule has 1 amide bonds. The van der Waals surface area contributed by atoms with Gasteiger partial charge >= 0.3 is 0 Å². The lowest BCUT2D eigenvalue weighted by molar-refractivity contribution is -0.181. The van der Waals surface area contributed by atoms with E-state index in [9.17, 15) is 9.90 Å². The third kappa shape index (κ3) is 2.14. The molecule has 2 rings (SSSR count). The van der Waals surface area contributed by atoms with Gasteiger partial charge in [0.25, 0.3) is 0 Å². The fourth-order valence-electron chi connectivity index (χ4n) is 2.07. The van der Waals surface area contributed by atoms with E-state index in [2.05, 4.69) is 0 Å². The Morgan fingerprint density at radius 3 is 2.67 bits per heavy atom. The zero-order chi connectivity index (χ0) is 10.9. The van der Waals surface area contributed by atoms with E-state index in [0.29, 0.717) is 32.7 Å². The van der Waals surface area contributed by atoms with Crippen molar-refractivity contribution < 1.29 is 19.4 Å². The highest BCUT2D eigenvalue weighted by molar-refractivity contribution is 5.83. The maximum absolute atomic E-state index is 12.1. The van der Waals surface area contributed by atoms with Crippen molar-refractivity contribution in [2.24, 2.45) is 5.41 Å². The van der Waals surface area contributed by atoms with E-state index in [0.717, 1.165) is 0 Å². The predicted octanol–water partition coefficient (Wildman–Crippen LogP) is -0.410. The van der Waals surface area contributed by atoms with Gasteiger partial charge < -0.3 is 19.5 Å². The van der Waals surface area contributed by atoms with Crippen LogP contribution < -0.4 is 0 Å². The maximum Gasteiger partial charge on any atom is 0.233 e. The predicted molar refractivity (Wildman–Crippen MR) is 52.1 cm³/mol. The number of carbonyl (C=O) groups is 1. The largest absolute Gasteiger partial charge is 0.391 e. The number of hydrogen-bond acceptors (Lipinski definition) is 4. The molecular weight excluding hydrogens is 198 g/mol. The van der Waals surface area contributed by atoms with Crippen LogP contribution in [0.5, 0.6) is 0 Å². The number of aliphatic hydroxyl groups excluding tert-OH is 1. The summed E-state index contributed by atoms with van der Waals surface area (Å²) in [5.74, 6) is 0.0266. The van der Waals surface area contributed by atoms with Crippen LogP contribution in [0.3, 0.4) is 0 Å². The molecule has 0 aliphatic carbocycles. The average molecular weight is 215 g/mol. The molecule has 0 saturated carbocycles. The lowest BCUT2D eigenvalue weighted by atomic mass is 9.90. The van der Waals surface area contributed by atoms with Crippen molar-refractivity contribution in [2.75, 3.05) is 33.1 Å². The SMILES string of the molecule is CC1(C(=O)N2CCC(O)C2)COCOC1. The second kappa shape index (κ2) is 4.08. The molecule has 2 fully saturated rings. The van der Waals surface area contributed by atoms with E-state index in [1.54, 1.807) is 4.90 Å². The van der Waals surface area contributed by atoms with Gasteiger partial charge in [0.05, 0.1) is 24.7 Å². The fraction of sp³-hybridized carbons (Fsp3) is 0.900. The second-order valence-electron chi connectivity index (χ2n) is 4.57. The minimum Gasteiger partial charge on any atom is -0.391 e. The minimum absolute atomic E-state index is 0.0266. The molecule has 0 radical (unpaired) electrons. The number of rotatable bonds is 1. The topological polar surface area (TPSA) is 59.0 Å². The Kier molecular flexibility index (Phi) is 2.95. The number of aliphatic hydroxyl groups is 1. The number of carbonyl (C=O) groups excluding carboxylic acids is 1. The summed E-state index contributed by atoms with van der Waals surface area (Å²) >= 11 is 0. The standard InChI is InChI=1S/C10H17NO4/c1-10(5-14-7-15-6-10)9(13)11-3-2-8(12)4-11/h8,12H,2-7H2,1H3. The van der Waals surface area contributed by atoms with Crippen molar-refractivity contribution in [1.82, 2.24) is 4.90 Å². The second-order valence-corrected chi connectivity index (χ2v) is 4.57. The average Bonchev–Trinajstić information content (AvgIpc) is 2.65. The van der Waals surface area contributed by atoms with Crippen molar-refractivity contribution in [2.45, 2.75) is 19.4 Å². The Morgan fingerprint density at radius 1 is 1.47 bits per heavy atom. The Balaban J connectivity index is 1.99. The van der Waals surface area contributed by atoms with Gasteiger partial charge in [-0.25, -0.2) is 0 Å². The first-order chi connectivity index (χ1) is 7.12. The first kappa shape index (κ1) is 10.9. The number of amides is 1. The first-order valence-electron chi connectivity index (χ1n) is 5.25. The van der Waals surface area contributed by atoms with Crippen LogP contribution in [0.1, 0.15) is 13.3 Å². The molecule has 5 heteroatoms. The molecule has 1 N–H and O–H groups in total. The van der Waals surface area contributed by atoms with Crippen LogP contribution in [0.25, 0.3) is 0 Å². The molecule has 2 aliphatic rings. The Labute approximate surface area is 89.0 Å². The van der Waals surface area contributed by atoms with Crippen LogP contribution in [0.4, 0.5) is 0 Å².